The maximum Gasteiger partial charge on any atom is 0.124 e. The third-order valence-electron chi connectivity index (χ3n) is 2.65. The lowest BCUT2D eigenvalue weighted by Crippen LogP contribution is -1.82. The molecule has 0 amide bonds. The Hall–Kier alpha value is -2.40. The molecule has 2 aromatic carbocycles. The molecule has 0 aliphatic heterocycles. The van der Waals surface area contributed by atoms with Gasteiger partial charge in [0.15, 0.2) is 0 Å². The zero-order valence-corrected chi connectivity index (χ0v) is 10.5. The van der Waals surface area contributed by atoms with Crippen LogP contribution in [0.1, 0.15) is 5.56 Å². The van der Waals surface area contributed by atoms with Gasteiger partial charge in [-0.25, -0.2) is 0 Å². The van der Waals surface area contributed by atoms with Crippen LogP contribution in [0.5, 0.6) is 5.75 Å². The van der Waals surface area contributed by atoms with Gasteiger partial charge in [0.05, 0.1) is 11.2 Å². The number of halogens is 1. The topological polar surface area (TPSA) is 74.2 Å². The summed E-state index contributed by atoms with van der Waals surface area (Å²) in [5.41, 5.74) is 2.88. The minimum atomic E-state index is 0.135. The molecule has 3 rings (SSSR count). The van der Waals surface area contributed by atoms with Gasteiger partial charge in [-0.2, -0.15) is 0 Å². The van der Waals surface area contributed by atoms with Crippen LogP contribution < -0.4 is 0 Å². The van der Waals surface area contributed by atoms with Gasteiger partial charge in [0.1, 0.15) is 11.3 Å². The van der Waals surface area contributed by atoms with Gasteiger partial charge in [0.2, 0.25) is 0 Å². The third kappa shape index (κ3) is 2.41. The van der Waals surface area contributed by atoms with Crippen LogP contribution in [0.4, 0.5) is 5.69 Å². The molecule has 0 fully saturated rings. The van der Waals surface area contributed by atoms with E-state index in [0.29, 0.717) is 10.6 Å². The molecular formula is C13H9ClN4O. The van der Waals surface area contributed by atoms with Crippen molar-refractivity contribution < 1.29 is 5.11 Å². The maximum absolute atomic E-state index is 9.67. The first-order chi connectivity index (χ1) is 9.22. The predicted octanol–water partition coefficient (Wildman–Crippen LogP) is 3.07. The van der Waals surface area contributed by atoms with E-state index in [2.05, 4.69) is 20.4 Å². The Morgan fingerprint density at radius 3 is 3.00 bits per heavy atom. The molecule has 0 aliphatic carbocycles. The lowest BCUT2D eigenvalue weighted by atomic mass is 10.2. The summed E-state index contributed by atoms with van der Waals surface area (Å²) in [6.07, 6.45) is 1.56. The number of rotatable bonds is 2. The summed E-state index contributed by atoms with van der Waals surface area (Å²) in [7, 11) is 0. The van der Waals surface area contributed by atoms with Crippen LogP contribution in [0.3, 0.4) is 0 Å². The van der Waals surface area contributed by atoms with Gasteiger partial charge in [-0.05, 0) is 36.4 Å². The average molecular weight is 273 g/mol. The number of aromatic nitrogens is 3. The molecule has 1 heterocycles. The van der Waals surface area contributed by atoms with Crippen LogP contribution in [-0.2, 0) is 0 Å². The summed E-state index contributed by atoms with van der Waals surface area (Å²) in [4.78, 5) is 4.28. The number of hydrogen-bond acceptors (Lipinski definition) is 4. The highest BCUT2D eigenvalue weighted by atomic mass is 35.5. The maximum atomic E-state index is 9.67. The minimum Gasteiger partial charge on any atom is -0.507 e. The monoisotopic (exact) mass is 272 g/mol. The van der Waals surface area contributed by atoms with Crippen LogP contribution in [0.2, 0.25) is 5.02 Å². The highest BCUT2D eigenvalue weighted by molar-refractivity contribution is 6.30. The summed E-state index contributed by atoms with van der Waals surface area (Å²) < 4.78 is 0. The van der Waals surface area contributed by atoms with Crippen LogP contribution >= 0.6 is 11.6 Å². The quantitative estimate of drug-likeness (QED) is 0.704. The Kier molecular flexibility index (Phi) is 2.89. The standard InChI is InChI=1S/C13H9ClN4O/c14-9-1-4-13(19)8(5-9)7-15-10-2-3-11-12(6-10)17-18-16-11/h1-7,19H,(H,16,17,18)/b15-7+. The molecule has 0 radical (unpaired) electrons. The third-order valence-corrected chi connectivity index (χ3v) is 2.89. The summed E-state index contributed by atoms with van der Waals surface area (Å²) in [5.74, 6) is 0.135. The van der Waals surface area contributed by atoms with Gasteiger partial charge in [-0.15, -0.1) is 5.10 Å². The van der Waals surface area contributed by atoms with Gasteiger partial charge in [-0.1, -0.05) is 16.8 Å². The number of nitrogens with zero attached hydrogens (tertiary/aromatic N) is 3. The van der Waals surface area contributed by atoms with Crippen LogP contribution in [0, 0.1) is 0 Å². The van der Waals surface area contributed by atoms with Crippen molar-refractivity contribution in [1.29, 1.82) is 0 Å². The zero-order valence-electron chi connectivity index (χ0n) is 9.71. The van der Waals surface area contributed by atoms with Gasteiger partial charge in [0, 0.05) is 16.8 Å². The van der Waals surface area contributed by atoms with E-state index < -0.39 is 0 Å². The fourth-order valence-corrected chi connectivity index (χ4v) is 1.86. The number of nitrogens with one attached hydrogen (secondary N) is 1. The van der Waals surface area contributed by atoms with E-state index in [-0.39, 0.29) is 5.75 Å². The van der Waals surface area contributed by atoms with Gasteiger partial charge >= 0.3 is 0 Å². The van der Waals surface area contributed by atoms with Crippen molar-refractivity contribution in [3.63, 3.8) is 0 Å². The molecule has 5 nitrogen and oxygen atoms in total. The van der Waals surface area contributed by atoms with Crippen molar-refractivity contribution in [3.8, 4) is 5.75 Å². The molecule has 0 unspecified atom stereocenters. The Labute approximate surface area is 113 Å². The number of hydrogen-bond donors (Lipinski definition) is 2. The number of aromatic amines is 1. The predicted molar refractivity (Wildman–Crippen MR) is 74.3 cm³/mol. The van der Waals surface area contributed by atoms with E-state index in [1.54, 1.807) is 24.4 Å². The summed E-state index contributed by atoms with van der Waals surface area (Å²) in [6.45, 7) is 0. The van der Waals surface area contributed by atoms with Crippen molar-refractivity contribution >= 4 is 34.5 Å². The molecule has 0 saturated heterocycles. The van der Waals surface area contributed by atoms with Crippen molar-refractivity contribution in [1.82, 2.24) is 15.4 Å². The molecule has 0 spiro atoms. The SMILES string of the molecule is Oc1ccc(Cl)cc1/C=N/c1ccc2[nH]nnc2c1. The van der Waals surface area contributed by atoms with Crippen molar-refractivity contribution in [3.05, 3.63) is 47.0 Å². The van der Waals surface area contributed by atoms with Crippen LogP contribution in [-0.4, -0.2) is 26.7 Å². The van der Waals surface area contributed by atoms with Crippen molar-refractivity contribution in [2.24, 2.45) is 4.99 Å². The smallest absolute Gasteiger partial charge is 0.124 e. The molecule has 2 N–H and O–H groups in total. The van der Waals surface area contributed by atoms with E-state index in [0.717, 1.165) is 16.7 Å². The Morgan fingerprint density at radius 1 is 1.21 bits per heavy atom. The normalized spacial score (nSPS) is 11.4. The fourth-order valence-electron chi connectivity index (χ4n) is 1.68. The summed E-state index contributed by atoms with van der Waals surface area (Å²) in [5, 5.41) is 20.6. The number of benzene rings is 2. The molecule has 0 aliphatic rings. The molecule has 3 aromatic rings. The largest absolute Gasteiger partial charge is 0.507 e. The minimum absolute atomic E-state index is 0.135. The summed E-state index contributed by atoms with van der Waals surface area (Å²) >= 11 is 5.87. The molecule has 0 bridgehead atoms. The van der Waals surface area contributed by atoms with E-state index in [4.69, 9.17) is 11.6 Å². The van der Waals surface area contributed by atoms with E-state index >= 15 is 0 Å². The van der Waals surface area contributed by atoms with Crippen molar-refractivity contribution in [2.45, 2.75) is 0 Å². The molecule has 0 saturated carbocycles. The molecule has 94 valence electrons. The first-order valence-electron chi connectivity index (χ1n) is 5.56. The number of aliphatic imine (C=N–C) groups is 1. The van der Waals surface area contributed by atoms with Gasteiger partial charge < -0.3 is 5.11 Å². The lowest BCUT2D eigenvalue weighted by Gasteiger charge is -1.99. The summed E-state index contributed by atoms with van der Waals surface area (Å²) in [6, 6.07) is 10.3. The number of phenols is 1. The number of phenolic OH excluding ortho intramolecular Hbond substituents is 1. The average Bonchev–Trinajstić information content (AvgIpc) is 2.87. The highest BCUT2D eigenvalue weighted by Crippen LogP contribution is 2.22. The Bertz CT molecular complexity index is 766. The molecule has 1 aromatic heterocycles. The van der Waals surface area contributed by atoms with Crippen LogP contribution in [0.25, 0.3) is 11.0 Å². The van der Waals surface area contributed by atoms with E-state index in [1.165, 1.54) is 6.07 Å². The van der Waals surface area contributed by atoms with Crippen LogP contribution in [0.15, 0.2) is 41.4 Å². The van der Waals surface area contributed by atoms with Gasteiger partial charge in [-0.3, -0.25) is 10.1 Å². The van der Waals surface area contributed by atoms with Gasteiger partial charge in [0.25, 0.3) is 0 Å². The fraction of sp³-hybridized carbons (Fsp3) is 0. The number of fused-ring (bicyclic) bond motifs is 1. The lowest BCUT2D eigenvalue weighted by molar-refractivity contribution is 0.474. The second kappa shape index (κ2) is 4.70. The molecule has 6 heteroatoms. The first kappa shape index (κ1) is 11.7. The number of aromatic hydroxyl groups is 1. The Balaban J connectivity index is 1.95. The highest BCUT2D eigenvalue weighted by Gasteiger charge is 2.00. The van der Waals surface area contributed by atoms with E-state index in [9.17, 15) is 5.11 Å². The zero-order chi connectivity index (χ0) is 13.2. The van der Waals surface area contributed by atoms with E-state index in [1.807, 2.05) is 12.1 Å². The Morgan fingerprint density at radius 2 is 2.11 bits per heavy atom. The first-order valence-corrected chi connectivity index (χ1v) is 5.93. The molecular weight excluding hydrogens is 264 g/mol. The van der Waals surface area contributed by atoms with Crippen molar-refractivity contribution in [2.75, 3.05) is 0 Å². The number of H-pyrrole nitrogens is 1. The second-order valence-corrected chi connectivity index (χ2v) is 4.41. The molecule has 19 heavy (non-hydrogen) atoms. The second-order valence-electron chi connectivity index (χ2n) is 3.97. The molecule has 0 atom stereocenters.